The lowest BCUT2D eigenvalue weighted by atomic mass is 10.2. The number of rotatable bonds is 8. The van der Waals surface area contributed by atoms with Crippen molar-refractivity contribution >= 4 is 11.4 Å². The van der Waals surface area contributed by atoms with Gasteiger partial charge in [-0.25, -0.2) is 0 Å². The SMILES string of the molecule is CCCCCOc1ccc(NCc2ccccc2N)cc1. The van der Waals surface area contributed by atoms with E-state index in [1.165, 1.54) is 12.8 Å². The highest BCUT2D eigenvalue weighted by Crippen LogP contribution is 2.18. The molecule has 0 aliphatic heterocycles. The Balaban J connectivity index is 1.81. The van der Waals surface area contributed by atoms with Crippen LogP contribution in [0.2, 0.25) is 0 Å². The summed E-state index contributed by atoms with van der Waals surface area (Å²) in [4.78, 5) is 0. The molecule has 0 amide bonds. The number of para-hydroxylation sites is 1. The quantitative estimate of drug-likeness (QED) is 0.556. The van der Waals surface area contributed by atoms with Gasteiger partial charge in [-0.1, -0.05) is 38.0 Å². The van der Waals surface area contributed by atoms with Crippen molar-refractivity contribution in [3.05, 3.63) is 54.1 Å². The molecule has 0 aliphatic rings. The van der Waals surface area contributed by atoms with Gasteiger partial charge in [-0.15, -0.1) is 0 Å². The molecule has 0 atom stereocenters. The summed E-state index contributed by atoms with van der Waals surface area (Å²) >= 11 is 0. The van der Waals surface area contributed by atoms with Gasteiger partial charge in [-0.3, -0.25) is 0 Å². The predicted molar refractivity (Wildman–Crippen MR) is 89.6 cm³/mol. The molecule has 3 nitrogen and oxygen atoms in total. The molecule has 0 bridgehead atoms. The summed E-state index contributed by atoms with van der Waals surface area (Å²) in [6.07, 6.45) is 3.55. The van der Waals surface area contributed by atoms with Crippen molar-refractivity contribution in [3.8, 4) is 5.75 Å². The van der Waals surface area contributed by atoms with Gasteiger partial charge in [0.25, 0.3) is 0 Å². The Morgan fingerprint density at radius 1 is 1.00 bits per heavy atom. The maximum Gasteiger partial charge on any atom is 0.119 e. The van der Waals surface area contributed by atoms with E-state index in [-0.39, 0.29) is 0 Å². The lowest BCUT2D eigenvalue weighted by molar-refractivity contribution is 0.306. The molecule has 0 fully saturated rings. The molecular weight excluding hydrogens is 260 g/mol. The van der Waals surface area contributed by atoms with E-state index in [2.05, 4.69) is 12.2 Å². The highest BCUT2D eigenvalue weighted by molar-refractivity contribution is 5.51. The number of benzene rings is 2. The van der Waals surface area contributed by atoms with E-state index in [1.54, 1.807) is 0 Å². The van der Waals surface area contributed by atoms with Gasteiger partial charge in [-0.2, -0.15) is 0 Å². The molecule has 112 valence electrons. The normalized spacial score (nSPS) is 10.3. The van der Waals surface area contributed by atoms with E-state index < -0.39 is 0 Å². The Morgan fingerprint density at radius 2 is 1.76 bits per heavy atom. The lowest BCUT2D eigenvalue weighted by Gasteiger charge is -2.10. The van der Waals surface area contributed by atoms with Gasteiger partial charge in [0.15, 0.2) is 0 Å². The van der Waals surface area contributed by atoms with E-state index in [0.717, 1.165) is 42.3 Å². The van der Waals surface area contributed by atoms with E-state index in [1.807, 2.05) is 48.5 Å². The Hall–Kier alpha value is -2.16. The zero-order valence-corrected chi connectivity index (χ0v) is 12.6. The molecule has 0 saturated heterocycles. The summed E-state index contributed by atoms with van der Waals surface area (Å²) in [7, 11) is 0. The second kappa shape index (κ2) is 8.20. The van der Waals surface area contributed by atoms with Crippen LogP contribution in [0.5, 0.6) is 5.75 Å². The minimum absolute atomic E-state index is 0.726. The molecular formula is C18H24N2O. The molecule has 2 aromatic rings. The molecule has 0 aliphatic carbocycles. The van der Waals surface area contributed by atoms with Crippen molar-refractivity contribution in [1.29, 1.82) is 0 Å². The first-order chi connectivity index (χ1) is 10.3. The fraction of sp³-hybridized carbons (Fsp3) is 0.333. The van der Waals surface area contributed by atoms with Gasteiger partial charge >= 0.3 is 0 Å². The molecule has 0 spiro atoms. The molecule has 0 saturated carbocycles. The first-order valence-corrected chi connectivity index (χ1v) is 7.59. The molecule has 3 N–H and O–H groups in total. The highest BCUT2D eigenvalue weighted by atomic mass is 16.5. The minimum Gasteiger partial charge on any atom is -0.494 e. The van der Waals surface area contributed by atoms with Gasteiger partial charge < -0.3 is 15.8 Å². The van der Waals surface area contributed by atoms with Crippen molar-refractivity contribution in [2.75, 3.05) is 17.7 Å². The third-order valence-electron chi connectivity index (χ3n) is 3.41. The maximum absolute atomic E-state index is 5.93. The number of unbranched alkanes of at least 4 members (excludes halogenated alkanes) is 2. The zero-order valence-electron chi connectivity index (χ0n) is 12.6. The summed E-state index contributed by atoms with van der Waals surface area (Å²) in [6.45, 7) is 3.71. The van der Waals surface area contributed by atoms with E-state index in [9.17, 15) is 0 Å². The monoisotopic (exact) mass is 284 g/mol. The van der Waals surface area contributed by atoms with Crippen LogP contribution < -0.4 is 15.8 Å². The largest absolute Gasteiger partial charge is 0.494 e. The van der Waals surface area contributed by atoms with E-state index in [0.29, 0.717) is 0 Å². The van der Waals surface area contributed by atoms with E-state index in [4.69, 9.17) is 10.5 Å². The topological polar surface area (TPSA) is 47.3 Å². The highest BCUT2D eigenvalue weighted by Gasteiger charge is 1.99. The van der Waals surface area contributed by atoms with Crippen LogP contribution in [0.1, 0.15) is 31.7 Å². The van der Waals surface area contributed by atoms with Crippen LogP contribution in [0.15, 0.2) is 48.5 Å². The lowest BCUT2D eigenvalue weighted by Crippen LogP contribution is -2.02. The van der Waals surface area contributed by atoms with Crippen molar-refractivity contribution in [2.24, 2.45) is 0 Å². The van der Waals surface area contributed by atoms with Crippen LogP contribution in [-0.2, 0) is 6.54 Å². The number of anilines is 2. The minimum atomic E-state index is 0.726. The van der Waals surface area contributed by atoms with Crippen LogP contribution in [0.25, 0.3) is 0 Å². The fourth-order valence-corrected chi connectivity index (χ4v) is 2.10. The van der Waals surface area contributed by atoms with Crippen LogP contribution >= 0.6 is 0 Å². The number of ether oxygens (including phenoxy) is 1. The molecule has 3 heteroatoms. The van der Waals surface area contributed by atoms with Gasteiger partial charge in [-0.05, 0) is 42.3 Å². The molecule has 2 aromatic carbocycles. The first kappa shape index (κ1) is 15.2. The number of nitrogens with one attached hydrogen (secondary N) is 1. The fourth-order valence-electron chi connectivity index (χ4n) is 2.10. The smallest absolute Gasteiger partial charge is 0.119 e. The first-order valence-electron chi connectivity index (χ1n) is 7.59. The zero-order chi connectivity index (χ0) is 14.9. The molecule has 0 aromatic heterocycles. The van der Waals surface area contributed by atoms with Gasteiger partial charge in [0.2, 0.25) is 0 Å². The van der Waals surface area contributed by atoms with Crippen molar-refractivity contribution in [2.45, 2.75) is 32.7 Å². The van der Waals surface area contributed by atoms with Crippen molar-refractivity contribution < 1.29 is 4.74 Å². The second-order valence-electron chi connectivity index (χ2n) is 5.13. The Morgan fingerprint density at radius 3 is 2.48 bits per heavy atom. The summed E-state index contributed by atoms with van der Waals surface area (Å²) in [6, 6.07) is 16.0. The third kappa shape index (κ3) is 5.03. The Bertz CT molecular complexity index is 537. The van der Waals surface area contributed by atoms with Crippen molar-refractivity contribution in [3.63, 3.8) is 0 Å². The summed E-state index contributed by atoms with van der Waals surface area (Å²) in [5.41, 5.74) is 8.93. The standard InChI is InChI=1S/C18H24N2O/c1-2-3-6-13-21-17-11-9-16(10-12-17)20-14-15-7-4-5-8-18(15)19/h4-5,7-12,20H,2-3,6,13-14,19H2,1H3. The van der Waals surface area contributed by atoms with Crippen LogP contribution in [0, 0.1) is 0 Å². The average Bonchev–Trinajstić information content (AvgIpc) is 2.52. The van der Waals surface area contributed by atoms with Crippen LogP contribution in [0.4, 0.5) is 11.4 Å². The molecule has 0 heterocycles. The van der Waals surface area contributed by atoms with Gasteiger partial charge in [0.05, 0.1) is 6.61 Å². The maximum atomic E-state index is 5.93. The van der Waals surface area contributed by atoms with Gasteiger partial charge in [0.1, 0.15) is 5.75 Å². The number of nitrogen functional groups attached to an aromatic ring is 1. The van der Waals surface area contributed by atoms with Gasteiger partial charge in [0, 0.05) is 17.9 Å². The molecule has 0 unspecified atom stereocenters. The van der Waals surface area contributed by atoms with Crippen LogP contribution in [-0.4, -0.2) is 6.61 Å². The molecule has 0 radical (unpaired) electrons. The van der Waals surface area contributed by atoms with Crippen molar-refractivity contribution in [1.82, 2.24) is 0 Å². The Kier molecular flexibility index (Phi) is 5.95. The molecule has 2 rings (SSSR count). The second-order valence-corrected chi connectivity index (χ2v) is 5.13. The van der Waals surface area contributed by atoms with E-state index >= 15 is 0 Å². The number of hydrogen-bond donors (Lipinski definition) is 2. The predicted octanol–water partition coefficient (Wildman–Crippen LogP) is 4.45. The summed E-state index contributed by atoms with van der Waals surface area (Å²) in [5, 5.41) is 3.37. The number of nitrogens with two attached hydrogens (primary N) is 1. The average molecular weight is 284 g/mol. The third-order valence-corrected chi connectivity index (χ3v) is 3.41. The summed E-state index contributed by atoms with van der Waals surface area (Å²) in [5.74, 6) is 0.927. The summed E-state index contributed by atoms with van der Waals surface area (Å²) < 4.78 is 5.70. The number of hydrogen-bond acceptors (Lipinski definition) is 3. The van der Waals surface area contributed by atoms with Crippen LogP contribution in [0.3, 0.4) is 0 Å². The molecule has 21 heavy (non-hydrogen) atoms. The Labute approximate surface area is 127 Å².